The van der Waals surface area contributed by atoms with Crippen LogP contribution in [-0.2, 0) is 19.2 Å². The molecule has 1 saturated heterocycles. The maximum Gasteiger partial charge on any atom is 0.234 e. The Morgan fingerprint density at radius 1 is 0.639 bits per heavy atom. The Bertz CT molecular complexity index is 647. The molecule has 210 valence electrons. The first-order valence-electron chi connectivity index (χ1n) is 13.1. The summed E-state index contributed by atoms with van der Waals surface area (Å²) >= 11 is 0. The third-order valence-corrected chi connectivity index (χ3v) is 6.41. The lowest BCUT2D eigenvalue weighted by atomic mass is 9.98. The highest BCUT2D eigenvalue weighted by atomic mass is 16.2. The van der Waals surface area contributed by atoms with E-state index >= 15 is 0 Å². The van der Waals surface area contributed by atoms with E-state index in [1.54, 1.807) is 0 Å². The zero-order chi connectivity index (χ0) is 27.7. The van der Waals surface area contributed by atoms with E-state index in [1.807, 2.05) is 33.4 Å². The SMILES string of the molecule is CC.CCC(C)CCC(C(N)=O)N1CCN(CC(N)=O)CCN(CC(N)=O)CCN(CC(N)=O)CC1. The molecule has 12 heteroatoms. The maximum atomic E-state index is 12.4. The lowest BCUT2D eigenvalue weighted by Gasteiger charge is -2.36. The second-order valence-corrected chi connectivity index (χ2v) is 9.27. The fourth-order valence-corrected chi connectivity index (χ4v) is 4.15. The fraction of sp³-hybridized carbons (Fsp3) is 0.833. The molecule has 12 nitrogen and oxygen atoms in total. The second kappa shape index (κ2) is 18.9. The van der Waals surface area contributed by atoms with Gasteiger partial charge in [-0.15, -0.1) is 0 Å². The monoisotopic (exact) mass is 514 g/mol. The quantitative estimate of drug-likeness (QED) is 0.239. The third-order valence-electron chi connectivity index (χ3n) is 6.41. The van der Waals surface area contributed by atoms with E-state index < -0.39 is 23.8 Å². The summed E-state index contributed by atoms with van der Waals surface area (Å²) in [7, 11) is 0. The molecule has 36 heavy (non-hydrogen) atoms. The van der Waals surface area contributed by atoms with Crippen LogP contribution in [0.2, 0.25) is 0 Å². The lowest BCUT2D eigenvalue weighted by molar-refractivity contribution is -0.125. The zero-order valence-corrected chi connectivity index (χ0v) is 22.8. The predicted octanol–water partition coefficient (Wildman–Crippen LogP) is -1.63. The van der Waals surface area contributed by atoms with E-state index in [2.05, 4.69) is 13.8 Å². The zero-order valence-electron chi connectivity index (χ0n) is 22.8. The lowest BCUT2D eigenvalue weighted by Crippen LogP contribution is -2.53. The number of amides is 4. The molecule has 0 radical (unpaired) electrons. The number of hydrogen-bond donors (Lipinski definition) is 4. The maximum absolute atomic E-state index is 12.4. The summed E-state index contributed by atoms with van der Waals surface area (Å²) in [4.78, 5) is 55.0. The molecule has 8 N–H and O–H groups in total. The average Bonchev–Trinajstić information content (AvgIpc) is 2.80. The van der Waals surface area contributed by atoms with E-state index in [9.17, 15) is 19.2 Å². The van der Waals surface area contributed by atoms with Gasteiger partial charge in [0.05, 0.1) is 25.7 Å². The Morgan fingerprint density at radius 3 is 1.25 bits per heavy atom. The van der Waals surface area contributed by atoms with Crippen molar-refractivity contribution >= 4 is 23.6 Å². The molecule has 0 aromatic rings. The van der Waals surface area contributed by atoms with Crippen LogP contribution in [-0.4, -0.2) is 121 Å². The Balaban J connectivity index is 0.00000596. The summed E-state index contributed by atoms with van der Waals surface area (Å²) in [5.74, 6) is -1.26. The molecular weight excluding hydrogens is 464 g/mol. The highest BCUT2D eigenvalue weighted by Crippen LogP contribution is 2.15. The minimum Gasteiger partial charge on any atom is -0.369 e. The van der Waals surface area contributed by atoms with Gasteiger partial charge in [-0.2, -0.15) is 0 Å². The number of rotatable bonds is 12. The molecule has 1 aliphatic rings. The van der Waals surface area contributed by atoms with Crippen LogP contribution >= 0.6 is 0 Å². The highest BCUT2D eigenvalue weighted by molar-refractivity contribution is 5.80. The van der Waals surface area contributed by atoms with Crippen molar-refractivity contribution in [1.82, 2.24) is 19.6 Å². The van der Waals surface area contributed by atoms with Crippen molar-refractivity contribution in [2.75, 3.05) is 72.0 Å². The second-order valence-electron chi connectivity index (χ2n) is 9.27. The standard InChI is InChI=1S/C22H44N8O4.C2H6/c1-3-17(2)4-5-18(22(26)34)30-12-10-28(15-20(24)32)8-6-27(14-19(23)31)7-9-29(11-13-30)16-21(25)33;1-2/h17-18H,3-16H2,1-2H3,(H2,23,31)(H2,24,32)(H2,25,33)(H2,26,34);1-2H3. The molecule has 0 saturated carbocycles. The molecule has 1 rings (SSSR count). The van der Waals surface area contributed by atoms with Crippen LogP contribution in [0.3, 0.4) is 0 Å². The Kier molecular flexibility index (Phi) is 17.7. The van der Waals surface area contributed by atoms with Crippen molar-refractivity contribution in [2.24, 2.45) is 28.9 Å². The predicted molar refractivity (Wildman–Crippen MR) is 141 cm³/mol. The Labute approximate surface area is 216 Å². The van der Waals surface area contributed by atoms with E-state index in [-0.39, 0.29) is 25.5 Å². The first-order valence-corrected chi connectivity index (χ1v) is 13.1. The van der Waals surface area contributed by atoms with Crippen LogP contribution in [0.25, 0.3) is 0 Å². The Hall–Kier alpha value is -2.28. The number of nitrogens with zero attached hydrogens (tertiary/aromatic N) is 4. The molecule has 2 unspecified atom stereocenters. The number of hydrogen-bond acceptors (Lipinski definition) is 8. The van der Waals surface area contributed by atoms with E-state index in [0.717, 1.165) is 12.8 Å². The van der Waals surface area contributed by atoms with Gasteiger partial charge in [-0.25, -0.2) is 0 Å². The summed E-state index contributed by atoms with van der Waals surface area (Å²) in [6.07, 6.45) is 2.53. The van der Waals surface area contributed by atoms with E-state index in [1.165, 1.54) is 0 Å². The molecule has 1 heterocycles. The molecule has 1 aliphatic heterocycles. The topological polar surface area (TPSA) is 185 Å². The van der Waals surface area contributed by atoms with Crippen LogP contribution in [0.1, 0.15) is 47.0 Å². The van der Waals surface area contributed by atoms with Crippen LogP contribution < -0.4 is 22.9 Å². The smallest absolute Gasteiger partial charge is 0.234 e. The van der Waals surface area contributed by atoms with Gasteiger partial charge < -0.3 is 22.9 Å². The highest BCUT2D eigenvalue weighted by Gasteiger charge is 2.26. The third kappa shape index (κ3) is 15.0. The minimum absolute atomic E-state index is 0.0696. The van der Waals surface area contributed by atoms with Gasteiger partial charge in [0.1, 0.15) is 0 Å². The Morgan fingerprint density at radius 2 is 0.972 bits per heavy atom. The normalized spacial score (nSPS) is 19.1. The fourth-order valence-electron chi connectivity index (χ4n) is 4.15. The van der Waals surface area contributed by atoms with E-state index in [0.29, 0.717) is 64.7 Å². The molecule has 0 aliphatic carbocycles. The summed E-state index contributed by atoms with van der Waals surface area (Å²) in [5, 5.41) is 0. The summed E-state index contributed by atoms with van der Waals surface area (Å²) in [6, 6.07) is -0.450. The largest absolute Gasteiger partial charge is 0.369 e. The van der Waals surface area contributed by atoms with Gasteiger partial charge in [0.15, 0.2) is 0 Å². The van der Waals surface area contributed by atoms with Crippen molar-refractivity contribution in [2.45, 2.75) is 53.0 Å². The molecule has 2 atom stereocenters. The molecule has 0 aromatic carbocycles. The summed E-state index contributed by atoms with van der Waals surface area (Å²) < 4.78 is 0. The molecule has 1 fully saturated rings. The molecule has 0 aromatic heterocycles. The number of carbonyl (C=O) groups is 4. The van der Waals surface area contributed by atoms with Crippen molar-refractivity contribution in [1.29, 1.82) is 0 Å². The van der Waals surface area contributed by atoms with Gasteiger partial charge in [0, 0.05) is 52.4 Å². The van der Waals surface area contributed by atoms with Gasteiger partial charge >= 0.3 is 0 Å². The van der Waals surface area contributed by atoms with E-state index in [4.69, 9.17) is 22.9 Å². The van der Waals surface area contributed by atoms with Crippen molar-refractivity contribution < 1.29 is 19.2 Å². The summed E-state index contributed by atoms with van der Waals surface area (Å²) in [6.45, 7) is 12.4. The van der Waals surface area contributed by atoms with Crippen LogP contribution in [0.5, 0.6) is 0 Å². The number of nitrogens with two attached hydrogens (primary N) is 4. The van der Waals surface area contributed by atoms with Gasteiger partial charge in [0.2, 0.25) is 23.6 Å². The van der Waals surface area contributed by atoms with Crippen LogP contribution in [0.15, 0.2) is 0 Å². The van der Waals surface area contributed by atoms with Gasteiger partial charge in [0.25, 0.3) is 0 Å². The van der Waals surface area contributed by atoms with Gasteiger partial charge in [-0.3, -0.25) is 38.8 Å². The minimum atomic E-state index is -0.452. The first kappa shape index (κ1) is 33.7. The molecule has 0 bridgehead atoms. The van der Waals surface area contributed by atoms with Crippen molar-refractivity contribution in [3.05, 3.63) is 0 Å². The first-order chi connectivity index (χ1) is 17.0. The average molecular weight is 515 g/mol. The van der Waals surface area contributed by atoms with Gasteiger partial charge in [-0.05, 0) is 18.8 Å². The molecule has 0 spiro atoms. The molecular formula is C24H50N8O4. The molecule has 4 amide bonds. The van der Waals surface area contributed by atoms with Crippen molar-refractivity contribution in [3.63, 3.8) is 0 Å². The van der Waals surface area contributed by atoms with Gasteiger partial charge in [-0.1, -0.05) is 34.1 Å². The summed E-state index contributed by atoms with van der Waals surface area (Å²) in [5.41, 5.74) is 22.1. The number of carbonyl (C=O) groups excluding carboxylic acids is 4. The van der Waals surface area contributed by atoms with Crippen LogP contribution in [0, 0.1) is 5.92 Å². The van der Waals surface area contributed by atoms with Crippen LogP contribution in [0.4, 0.5) is 0 Å². The van der Waals surface area contributed by atoms with Crippen molar-refractivity contribution in [3.8, 4) is 0 Å². The number of primary amides is 4.